The number of benzene rings is 4. The molecule has 0 radical (unpaired) electrons. The molecule has 0 bridgehead atoms. The molecule has 0 saturated heterocycles. The van der Waals surface area contributed by atoms with Crippen LogP contribution in [0.3, 0.4) is 0 Å². The largest absolute Gasteiger partial charge is 1.00 e. The number of rotatable bonds is 4. The summed E-state index contributed by atoms with van der Waals surface area (Å²) in [6.07, 6.45) is 4.39. The van der Waals surface area contributed by atoms with Crippen LogP contribution in [0.15, 0.2) is 48.5 Å². The van der Waals surface area contributed by atoms with Crippen molar-refractivity contribution in [3.63, 3.8) is 0 Å². The molecular weight excluding hydrogens is 692 g/mol. The molecule has 8 nitrogen and oxygen atoms in total. The average Bonchev–Trinajstić information content (AvgIpc) is 3.00. The van der Waals surface area contributed by atoms with Gasteiger partial charge in [0.05, 0.1) is 0 Å². The van der Waals surface area contributed by atoms with Crippen molar-refractivity contribution in [1.82, 2.24) is 0 Å². The van der Waals surface area contributed by atoms with Crippen LogP contribution in [0.2, 0.25) is 0 Å². The van der Waals surface area contributed by atoms with E-state index < -0.39 is 15.6 Å². The Bertz CT molecular complexity index is 1850. The Balaban J connectivity index is 0.000000263. The summed E-state index contributed by atoms with van der Waals surface area (Å²) in [5.41, 5.74) is 11.5. The van der Waals surface area contributed by atoms with Crippen molar-refractivity contribution in [1.29, 1.82) is 0 Å². The summed E-state index contributed by atoms with van der Waals surface area (Å²) in [7, 11) is -8.96. The van der Waals surface area contributed by atoms with Crippen LogP contribution in [0.1, 0.15) is 94.5 Å². The van der Waals surface area contributed by atoms with Gasteiger partial charge in [0.2, 0.25) is 0 Å². The number of hydrogen-bond donors (Lipinski definition) is 0. The maximum Gasteiger partial charge on any atom is 1.00 e. The normalized spacial score (nSPS) is 14.8. The van der Waals surface area contributed by atoms with E-state index in [4.69, 9.17) is 18.1 Å². The van der Waals surface area contributed by atoms with Gasteiger partial charge in [0.15, 0.2) is 0 Å². The SMILES string of the molecule is CCc1cc(CC)c2c(c1)Cc1cc(CC)cc(CC)c1OP(=O)([O-])O2.Cc1cc(C)c2c(c1)Cc1cc(C)cc(C)c1OP(=O)([O-])O2.[Na+].[Na+]. The Hall–Kier alpha value is -1.54. The third kappa shape index (κ3) is 9.90. The quantitative estimate of drug-likeness (QED) is 0.232. The van der Waals surface area contributed by atoms with Gasteiger partial charge < -0.3 is 27.9 Å². The van der Waals surface area contributed by atoms with E-state index in [1.54, 1.807) is 0 Å². The van der Waals surface area contributed by atoms with Gasteiger partial charge in [-0.2, -0.15) is 0 Å². The van der Waals surface area contributed by atoms with Gasteiger partial charge in [-0.1, -0.05) is 87.4 Å². The van der Waals surface area contributed by atoms with Crippen LogP contribution < -0.4 is 87.0 Å². The van der Waals surface area contributed by atoms with Crippen molar-refractivity contribution in [2.24, 2.45) is 0 Å². The summed E-state index contributed by atoms with van der Waals surface area (Å²) in [4.78, 5) is 24.8. The molecule has 0 spiro atoms. The van der Waals surface area contributed by atoms with Crippen LogP contribution >= 0.6 is 15.6 Å². The molecule has 4 aromatic carbocycles. The van der Waals surface area contributed by atoms with Crippen LogP contribution in [0.5, 0.6) is 23.0 Å². The number of phosphoric ester groups is 2. The molecule has 0 fully saturated rings. The van der Waals surface area contributed by atoms with E-state index >= 15 is 0 Å². The molecule has 2 heterocycles. The van der Waals surface area contributed by atoms with E-state index in [2.05, 4.69) is 26.0 Å². The predicted octanol–water partition coefficient (Wildman–Crippen LogP) is 2.53. The second-order valence-corrected chi connectivity index (χ2v) is 15.2. The summed E-state index contributed by atoms with van der Waals surface area (Å²) < 4.78 is 46.1. The van der Waals surface area contributed by atoms with Gasteiger partial charge in [0.1, 0.15) is 23.0 Å². The zero-order valence-electron chi connectivity index (χ0n) is 31.0. The van der Waals surface area contributed by atoms with Crippen LogP contribution in [0, 0.1) is 27.7 Å². The van der Waals surface area contributed by atoms with Gasteiger partial charge in [-0.25, -0.2) is 9.13 Å². The number of phosphoric acid groups is 2. The second kappa shape index (κ2) is 17.5. The van der Waals surface area contributed by atoms with Gasteiger partial charge in [0.25, 0.3) is 0 Å². The van der Waals surface area contributed by atoms with Gasteiger partial charge in [0, 0.05) is 12.8 Å². The van der Waals surface area contributed by atoms with Gasteiger partial charge >= 0.3 is 74.8 Å². The molecule has 6 rings (SSSR count). The minimum absolute atomic E-state index is 0. The average molecular weight is 737 g/mol. The fourth-order valence-corrected chi connectivity index (χ4v) is 8.55. The molecule has 0 N–H and O–H groups in total. The number of aryl methyl sites for hydroxylation is 8. The zero-order chi connectivity index (χ0) is 35.0. The summed E-state index contributed by atoms with van der Waals surface area (Å²) >= 11 is 0. The molecule has 0 saturated carbocycles. The minimum atomic E-state index is -4.50. The number of fused-ring (bicyclic) bond motifs is 4. The van der Waals surface area contributed by atoms with E-state index in [9.17, 15) is 18.9 Å². The third-order valence-corrected chi connectivity index (χ3v) is 10.4. The Morgan fingerprint density at radius 2 is 0.820 bits per heavy atom. The third-order valence-electron chi connectivity index (χ3n) is 8.75. The molecular formula is C38H44Na2O8P2. The summed E-state index contributed by atoms with van der Waals surface area (Å²) in [5.74, 6) is 1.64. The van der Waals surface area contributed by atoms with Crippen LogP contribution in [0.4, 0.5) is 0 Å². The fourth-order valence-electron chi connectivity index (χ4n) is 6.59. The molecule has 0 aromatic heterocycles. The van der Waals surface area contributed by atoms with Crippen molar-refractivity contribution in [2.45, 2.75) is 93.9 Å². The van der Waals surface area contributed by atoms with Crippen molar-refractivity contribution >= 4 is 15.6 Å². The van der Waals surface area contributed by atoms with Gasteiger partial charge in [-0.05, 0) is 109 Å². The molecule has 256 valence electrons. The standard InChI is InChI=1S/C21H27O4P.C17H19O4P.2Na/c1-5-14-9-16(7-3)20-18(11-14)13-19-12-15(6-2)10-17(8-4)21(19)25-26(22,23)24-20;1-10-5-12(3)16-14(7-10)9-15-8-11(2)6-13(4)17(15)21-22(18,19)20-16;;/h9-12H,5-8,13H2,1-4H3,(H,22,23);5-8H,9H2,1-4H3,(H,18,19);;/q;;2*+1/p-2. The van der Waals surface area contributed by atoms with Crippen molar-refractivity contribution in [2.75, 3.05) is 0 Å². The van der Waals surface area contributed by atoms with Crippen LogP contribution in [0.25, 0.3) is 0 Å². The summed E-state index contributed by atoms with van der Waals surface area (Å²) in [6.45, 7) is 15.9. The van der Waals surface area contributed by atoms with E-state index in [0.717, 1.165) is 68.5 Å². The Morgan fingerprint density at radius 1 is 0.500 bits per heavy atom. The van der Waals surface area contributed by atoms with Crippen molar-refractivity contribution in [3.8, 4) is 23.0 Å². The van der Waals surface area contributed by atoms with E-state index in [0.29, 0.717) is 48.7 Å². The smallest absolute Gasteiger partial charge is 0.736 e. The van der Waals surface area contributed by atoms with Crippen LogP contribution in [-0.4, -0.2) is 0 Å². The first kappa shape index (κ1) is 42.9. The van der Waals surface area contributed by atoms with Crippen molar-refractivity contribution < 1.29 is 96.1 Å². The molecule has 4 aromatic rings. The van der Waals surface area contributed by atoms with E-state index in [1.165, 1.54) is 11.1 Å². The van der Waals surface area contributed by atoms with Gasteiger partial charge in [-0.15, -0.1) is 0 Å². The van der Waals surface area contributed by atoms with E-state index in [-0.39, 0.29) is 59.1 Å². The first-order chi connectivity index (χ1) is 22.6. The Morgan fingerprint density at radius 3 is 1.14 bits per heavy atom. The predicted molar refractivity (Wildman–Crippen MR) is 186 cm³/mol. The first-order valence-electron chi connectivity index (χ1n) is 16.6. The molecule has 2 aliphatic rings. The molecule has 0 atom stereocenters. The topological polar surface area (TPSA) is 117 Å². The maximum absolute atomic E-state index is 12.6. The second-order valence-electron chi connectivity index (χ2n) is 12.7. The monoisotopic (exact) mass is 736 g/mol. The maximum atomic E-state index is 12.6. The summed E-state index contributed by atoms with van der Waals surface area (Å²) in [5, 5.41) is 0. The molecule has 12 heteroatoms. The first-order valence-corrected chi connectivity index (χ1v) is 19.5. The fraction of sp³-hybridized carbons (Fsp3) is 0.368. The Labute approximate surface area is 341 Å². The minimum Gasteiger partial charge on any atom is -0.736 e. The Kier molecular flexibility index (Phi) is 15.0. The van der Waals surface area contributed by atoms with Gasteiger partial charge in [-0.3, -0.25) is 0 Å². The molecule has 2 aliphatic heterocycles. The molecule has 0 unspecified atom stereocenters. The molecule has 0 amide bonds. The summed E-state index contributed by atoms with van der Waals surface area (Å²) in [6, 6.07) is 15.9. The molecule has 0 aliphatic carbocycles. The molecule has 50 heavy (non-hydrogen) atoms. The van der Waals surface area contributed by atoms with Crippen molar-refractivity contribution in [3.05, 3.63) is 115 Å². The van der Waals surface area contributed by atoms with E-state index in [1.807, 2.05) is 77.9 Å². The zero-order valence-corrected chi connectivity index (χ0v) is 36.8. The number of hydrogen-bond acceptors (Lipinski definition) is 8. The van der Waals surface area contributed by atoms with Crippen LogP contribution in [-0.2, 0) is 47.7 Å².